The molecular formula is C19H18Cl2FNO2. The average Bonchev–Trinajstić information content (AvgIpc) is 2.60. The molecule has 0 atom stereocenters. The Labute approximate surface area is 156 Å². The van der Waals surface area contributed by atoms with Gasteiger partial charge < -0.3 is 10.1 Å². The van der Waals surface area contributed by atoms with Gasteiger partial charge in [0.15, 0.2) is 0 Å². The Kier molecular flexibility index (Phi) is 7.76. The van der Waals surface area contributed by atoms with Crippen LogP contribution in [0.25, 0.3) is 6.08 Å². The molecule has 0 heterocycles. The fourth-order valence-corrected chi connectivity index (χ4v) is 2.32. The highest BCUT2D eigenvalue weighted by molar-refractivity contribution is 6.31. The van der Waals surface area contributed by atoms with E-state index in [0.717, 1.165) is 18.6 Å². The van der Waals surface area contributed by atoms with Crippen molar-refractivity contribution >= 4 is 35.2 Å². The van der Waals surface area contributed by atoms with E-state index in [1.54, 1.807) is 24.3 Å². The summed E-state index contributed by atoms with van der Waals surface area (Å²) < 4.78 is 18.6. The minimum absolute atomic E-state index is 0.0308. The van der Waals surface area contributed by atoms with E-state index in [0.29, 0.717) is 23.7 Å². The summed E-state index contributed by atoms with van der Waals surface area (Å²) in [4.78, 5) is 11.7. The van der Waals surface area contributed by atoms with Crippen LogP contribution in [0, 0.1) is 5.82 Å². The Morgan fingerprint density at radius 2 is 1.88 bits per heavy atom. The van der Waals surface area contributed by atoms with Gasteiger partial charge in [-0.25, -0.2) is 4.39 Å². The van der Waals surface area contributed by atoms with Crippen LogP contribution in [0.5, 0.6) is 5.75 Å². The summed E-state index contributed by atoms with van der Waals surface area (Å²) in [6.07, 6.45) is 4.60. The normalized spacial score (nSPS) is 10.8. The third-order valence-electron chi connectivity index (χ3n) is 3.32. The monoisotopic (exact) mass is 381 g/mol. The molecule has 0 spiro atoms. The molecule has 0 fully saturated rings. The standard InChI is InChI=1S/C19H18Cl2FNO2/c20-15-5-7-16(8-6-15)25-12-2-1-11-23-19(24)10-4-14-3-9-18(22)17(21)13-14/h3-10,13H,1-2,11-12H2,(H,23,24)/b10-4+. The predicted molar refractivity (Wildman–Crippen MR) is 99.6 cm³/mol. The van der Waals surface area contributed by atoms with Gasteiger partial charge in [0.25, 0.3) is 0 Å². The number of benzene rings is 2. The Morgan fingerprint density at radius 1 is 1.12 bits per heavy atom. The van der Waals surface area contributed by atoms with Crippen molar-refractivity contribution in [3.05, 3.63) is 70.0 Å². The fourth-order valence-electron chi connectivity index (χ4n) is 2.01. The van der Waals surface area contributed by atoms with E-state index in [1.807, 2.05) is 12.1 Å². The van der Waals surface area contributed by atoms with Crippen molar-refractivity contribution in [3.8, 4) is 5.75 Å². The molecule has 0 aliphatic carbocycles. The first-order valence-electron chi connectivity index (χ1n) is 7.84. The molecule has 0 bridgehead atoms. The smallest absolute Gasteiger partial charge is 0.243 e. The zero-order valence-corrected chi connectivity index (χ0v) is 15.0. The molecule has 25 heavy (non-hydrogen) atoms. The molecule has 132 valence electrons. The second-order valence-electron chi connectivity index (χ2n) is 5.31. The zero-order valence-electron chi connectivity index (χ0n) is 13.5. The summed E-state index contributed by atoms with van der Waals surface area (Å²) in [6, 6.07) is 11.5. The van der Waals surface area contributed by atoms with Gasteiger partial charge in [0.05, 0.1) is 11.6 Å². The topological polar surface area (TPSA) is 38.3 Å². The van der Waals surface area contributed by atoms with Crippen LogP contribution < -0.4 is 10.1 Å². The van der Waals surface area contributed by atoms with Crippen LogP contribution in [0.15, 0.2) is 48.5 Å². The maximum Gasteiger partial charge on any atom is 0.243 e. The first-order chi connectivity index (χ1) is 12.0. The van der Waals surface area contributed by atoms with Gasteiger partial charge >= 0.3 is 0 Å². The van der Waals surface area contributed by atoms with Crippen molar-refractivity contribution in [1.29, 1.82) is 0 Å². The lowest BCUT2D eigenvalue weighted by molar-refractivity contribution is -0.116. The number of hydrogen-bond acceptors (Lipinski definition) is 2. The largest absolute Gasteiger partial charge is 0.494 e. The molecule has 1 amide bonds. The first kappa shape index (κ1) is 19.3. The minimum Gasteiger partial charge on any atom is -0.494 e. The highest BCUT2D eigenvalue weighted by Gasteiger charge is 2.00. The summed E-state index contributed by atoms with van der Waals surface area (Å²) in [5, 5.41) is 3.48. The minimum atomic E-state index is -0.482. The van der Waals surface area contributed by atoms with Gasteiger partial charge in [-0.2, -0.15) is 0 Å². The molecule has 2 rings (SSSR count). The summed E-state index contributed by atoms with van der Waals surface area (Å²) in [7, 11) is 0. The number of carbonyl (C=O) groups is 1. The number of hydrogen-bond donors (Lipinski definition) is 1. The number of ether oxygens (including phenoxy) is 1. The third-order valence-corrected chi connectivity index (χ3v) is 3.87. The maximum atomic E-state index is 13.0. The van der Waals surface area contributed by atoms with Crippen molar-refractivity contribution in [1.82, 2.24) is 5.32 Å². The lowest BCUT2D eigenvalue weighted by Gasteiger charge is -2.06. The van der Waals surface area contributed by atoms with Crippen LogP contribution in [0.2, 0.25) is 10.0 Å². The average molecular weight is 382 g/mol. The molecule has 0 aliphatic heterocycles. The number of amides is 1. The van der Waals surface area contributed by atoms with E-state index < -0.39 is 5.82 Å². The number of rotatable bonds is 8. The lowest BCUT2D eigenvalue weighted by atomic mass is 10.2. The summed E-state index contributed by atoms with van der Waals surface area (Å²) in [5.74, 6) is 0.0810. The van der Waals surface area contributed by atoms with Crippen molar-refractivity contribution < 1.29 is 13.9 Å². The summed E-state index contributed by atoms with van der Waals surface area (Å²) in [6.45, 7) is 1.12. The van der Waals surface area contributed by atoms with Gasteiger partial charge in [0.1, 0.15) is 11.6 Å². The van der Waals surface area contributed by atoms with Crippen molar-refractivity contribution in [2.45, 2.75) is 12.8 Å². The number of carbonyl (C=O) groups excluding carboxylic acids is 1. The van der Waals surface area contributed by atoms with E-state index in [9.17, 15) is 9.18 Å². The molecule has 0 radical (unpaired) electrons. The quantitative estimate of drug-likeness (QED) is 0.508. The molecule has 0 aromatic heterocycles. The Bertz CT molecular complexity index is 733. The van der Waals surface area contributed by atoms with E-state index >= 15 is 0 Å². The highest BCUT2D eigenvalue weighted by atomic mass is 35.5. The number of halogens is 3. The number of nitrogens with one attached hydrogen (secondary N) is 1. The second kappa shape index (κ2) is 10.1. The van der Waals surface area contributed by atoms with E-state index in [1.165, 1.54) is 18.2 Å². The van der Waals surface area contributed by atoms with Crippen LogP contribution in [-0.4, -0.2) is 19.1 Å². The molecule has 1 N–H and O–H groups in total. The van der Waals surface area contributed by atoms with Gasteiger partial charge in [-0.1, -0.05) is 29.3 Å². The van der Waals surface area contributed by atoms with Crippen molar-refractivity contribution in [2.75, 3.05) is 13.2 Å². The molecule has 2 aromatic carbocycles. The van der Waals surface area contributed by atoms with Gasteiger partial charge in [0.2, 0.25) is 5.91 Å². The SMILES string of the molecule is O=C(/C=C/c1ccc(F)c(Cl)c1)NCCCCOc1ccc(Cl)cc1. The van der Waals surface area contributed by atoms with E-state index in [-0.39, 0.29) is 10.9 Å². The molecule has 3 nitrogen and oxygen atoms in total. The first-order valence-corrected chi connectivity index (χ1v) is 8.59. The van der Waals surface area contributed by atoms with Gasteiger partial charge in [0, 0.05) is 17.6 Å². The summed E-state index contributed by atoms with van der Waals surface area (Å²) >= 11 is 11.5. The number of unbranched alkanes of at least 4 members (excludes halogenated alkanes) is 1. The Hall–Kier alpha value is -2.04. The van der Waals surface area contributed by atoms with Crippen LogP contribution in [-0.2, 0) is 4.79 Å². The van der Waals surface area contributed by atoms with E-state index in [2.05, 4.69) is 5.32 Å². The van der Waals surface area contributed by atoms with Crippen LogP contribution in [0.1, 0.15) is 18.4 Å². The zero-order chi connectivity index (χ0) is 18.1. The molecule has 6 heteroatoms. The van der Waals surface area contributed by atoms with E-state index in [4.69, 9.17) is 27.9 Å². The van der Waals surface area contributed by atoms with Crippen molar-refractivity contribution in [2.24, 2.45) is 0 Å². The predicted octanol–water partition coefficient (Wildman–Crippen LogP) is 5.12. The molecule has 2 aromatic rings. The maximum absolute atomic E-state index is 13.0. The molecular weight excluding hydrogens is 364 g/mol. The lowest BCUT2D eigenvalue weighted by Crippen LogP contribution is -2.22. The molecule has 0 unspecified atom stereocenters. The Morgan fingerprint density at radius 3 is 2.60 bits per heavy atom. The Balaban J connectivity index is 1.61. The molecule has 0 saturated heterocycles. The van der Waals surface area contributed by atoms with Crippen LogP contribution in [0.3, 0.4) is 0 Å². The van der Waals surface area contributed by atoms with Crippen LogP contribution in [0.4, 0.5) is 4.39 Å². The van der Waals surface area contributed by atoms with Gasteiger partial charge in [-0.3, -0.25) is 4.79 Å². The third kappa shape index (κ3) is 7.16. The fraction of sp³-hybridized carbons (Fsp3) is 0.211. The van der Waals surface area contributed by atoms with Gasteiger partial charge in [-0.15, -0.1) is 0 Å². The van der Waals surface area contributed by atoms with Crippen molar-refractivity contribution in [3.63, 3.8) is 0 Å². The second-order valence-corrected chi connectivity index (χ2v) is 6.15. The molecule has 0 saturated carbocycles. The van der Waals surface area contributed by atoms with Crippen LogP contribution >= 0.6 is 23.2 Å². The van der Waals surface area contributed by atoms with Gasteiger partial charge in [-0.05, 0) is 60.9 Å². The highest BCUT2D eigenvalue weighted by Crippen LogP contribution is 2.17. The molecule has 0 aliphatic rings. The summed E-state index contributed by atoms with van der Waals surface area (Å²) in [5.41, 5.74) is 0.665.